The fraction of sp³-hybridized carbons (Fsp3) is 0.176. The molecule has 2 aromatic rings. The number of halogens is 1. The van der Waals surface area contributed by atoms with Gasteiger partial charge in [0.05, 0.1) is 6.21 Å². The van der Waals surface area contributed by atoms with E-state index in [0.717, 1.165) is 16.7 Å². The quantitative estimate of drug-likeness (QED) is 0.678. The number of hydrazone groups is 1. The number of carbonyl (C=O) groups excluding carboxylic acids is 1. The average molecular weight is 317 g/mol. The molecule has 0 unspecified atom stereocenters. The second-order valence-electron chi connectivity index (χ2n) is 4.91. The van der Waals surface area contributed by atoms with Gasteiger partial charge in [0, 0.05) is 5.02 Å². The van der Waals surface area contributed by atoms with Crippen molar-refractivity contribution < 1.29 is 9.53 Å². The summed E-state index contributed by atoms with van der Waals surface area (Å²) in [5.41, 5.74) is 5.37. The van der Waals surface area contributed by atoms with Gasteiger partial charge in [0.25, 0.3) is 5.91 Å². The van der Waals surface area contributed by atoms with E-state index in [9.17, 15) is 4.79 Å². The predicted molar refractivity (Wildman–Crippen MR) is 88.6 cm³/mol. The highest BCUT2D eigenvalue weighted by molar-refractivity contribution is 6.30. The van der Waals surface area contributed by atoms with Crippen LogP contribution >= 0.6 is 11.6 Å². The Morgan fingerprint density at radius 1 is 1.27 bits per heavy atom. The summed E-state index contributed by atoms with van der Waals surface area (Å²) in [5.74, 6) is 0.306. The van der Waals surface area contributed by atoms with Gasteiger partial charge in [-0.15, -0.1) is 0 Å². The zero-order chi connectivity index (χ0) is 15.9. The minimum atomic E-state index is -0.321. The van der Waals surface area contributed by atoms with Gasteiger partial charge >= 0.3 is 0 Å². The number of ether oxygens (including phenoxy) is 1. The number of hydrogen-bond acceptors (Lipinski definition) is 3. The summed E-state index contributed by atoms with van der Waals surface area (Å²) in [7, 11) is 0. The van der Waals surface area contributed by atoms with Crippen LogP contribution in [0.3, 0.4) is 0 Å². The molecule has 0 radical (unpaired) electrons. The van der Waals surface area contributed by atoms with E-state index in [-0.39, 0.29) is 12.5 Å². The molecular weight excluding hydrogens is 300 g/mol. The Kier molecular flexibility index (Phi) is 5.55. The van der Waals surface area contributed by atoms with Crippen LogP contribution in [0, 0.1) is 13.8 Å². The standard InChI is InChI=1S/C17H17ClN2O2/c1-12-4-3-5-14(8-12)10-19-20-17(21)11-22-16-7-6-15(18)9-13(16)2/h3-10H,11H2,1-2H3,(H,20,21). The average Bonchev–Trinajstić information content (AvgIpc) is 2.46. The van der Waals surface area contributed by atoms with Crippen LogP contribution in [-0.2, 0) is 4.79 Å². The van der Waals surface area contributed by atoms with E-state index >= 15 is 0 Å². The third-order valence-corrected chi connectivity index (χ3v) is 3.18. The molecule has 0 aromatic heterocycles. The van der Waals surface area contributed by atoms with Crippen molar-refractivity contribution in [2.75, 3.05) is 6.61 Å². The number of aryl methyl sites for hydroxylation is 2. The second kappa shape index (κ2) is 7.61. The summed E-state index contributed by atoms with van der Waals surface area (Å²) in [6.45, 7) is 3.76. The molecule has 1 amide bonds. The Balaban J connectivity index is 1.83. The van der Waals surface area contributed by atoms with Gasteiger partial charge in [0.15, 0.2) is 6.61 Å². The van der Waals surface area contributed by atoms with Crippen molar-refractivity contribution in [2.45, 2.75) is 13.8 Å². The van der Waals surface area contributed by atoms with Crippen LogP contribution in [0.25, 0.3) is 0 Å². The van der Waals surface area contributed by atoms with Crippen molar-refractivity contribution >= 4 is 23.7 Å². The van der Waals surface area contributed by atoms with Crippen LogP contribution in [-0.4, -0.2) is 18.7 Å². The summed E-state index contributed by atoms with van der Waals surface area (Å²) >= 11 is 5.86. The van der Waals surface area contributed by atoms with Crippen LogP contribution in [0.4, 0.5) is 0 Å². The van der Waals surface area contributed by atoms with Gasteiger partial charge in [-0.2, -0.15) is 5.10 Å². The molecule has 0 saturated carbocycles. The maximum absolute atomic E-state index is 11.7. The lowest BCUT2D eigenvalue weighted by atomic mass is 10.2. The lowest BCUT2D eigenvalue weighted by Gasteiger charge is -2.08. The van der Waals surface area contributed by atoms with Gasteiger partial charge in [-0.1, -0.05) is 41.4 Å². The van der Waals surface area contributed by atoms with Gasteiger partial charge < -0.3 is 4.74 Å². The van der Waals surface area contributed by atoms with Crippen molar-refractivity contribution in [3.63, 3.8) is 0 Å². The summed E-state index contributed by atoms with van der Waals surface area (Å²) in [6.07, 6.45) is 1.60. The lowest BCUT2D eigenvalue weighted by Crippen LogP contribution is -2.24. The largest absolute Gasteiger partial charge is 0.483 e. The van der Waals surface area contributed by atoms with Crippen LogP contribution in [0.5, 0.6) is 5.75 Å². The molecule has 0 heterocycles. The number of benzene rings is 2. The highest BCUT2D eigenvalue weighted by atomic mass is 35.5. The number of nitrogens with zero attached hydrogens (tertiary/aromatic N) is 1. The first kappa shape index (κ1) is 16.0. The molecule has 0 atom stereocenters. The molecule has 0 aliphatic heterocycles. The first-order chi connectivity index (χ1) is 10.5. The number of hydrogen-bond donors (Lipinski definition) is 1. The molecule has 22 heavy (non-hydrogen) atoms. The highest BCUT2D eigenvalue weighted by Crippen LogP contribution is 2.21. The van der Waals surface area contributed by atoms with Gasteiger partial charge in [-0.05, 0) is 43.2 Å². The summed E-state index contributed by atoms with van der Waals surface area (Å²) in [5, 5.41) is 4.54. The maximum Gasteiger partial charge on any atom is 0.277 e. The van der Waals surface area contributed by atoms with Gasteiger partial charge in [0.2, 0.25) is 0 Å². The zero-order valence-corrected chi connectivity index (χ0v) is 13.2. The SMILES string of the molecule is Cc1cccc(C=NNC(=O)COc2ccc(Cl)cc2C)c1. The zero-order valence-electron chi connectivity index (χ0n) is 12.5. The lowest BCUT2D eigenvalue weighted by molar-refractivity contribution is -0.123. The van der Waals surface area contributed by atoms with E-state index in [1.165, 1.54) is 0 Å². The van der Waals surface area contributed by atoms with Crippen LogP contribution < -0.4 is 10.2 Å². The molecule has 0 aliphatic carbocycles. The third-order valence-electron chi connectivity index (χ3n) is 2.94. The molecule has 0 spiro atoms. The molecule has 2 aromatic carbocycles. The second-order valence-corrected chi connectivity index (χ2v) is 5.34. The van der Waals surface area contributed by atoms with E-state index < -0.39 is 0 Å². The summed E-state index contributed by atoms with van der Waals surface area (Å²) < 4.78 is 5.43. The Hall–Kier alpha value is -2.33. The monoisotopic (exact) mass is 316 g/mol. The fourth-order valence-corrected chi connectivity index (χ4v) is 2.11. The topological polar surface area (TPSA) is 50.7 Å². The van der Waals surface area contributed by atoms with Crippen molar-refractivity contribution in [1.29, 1.82) is 0 Å². The molecule has 4 nitrogen and oxygen atoms in total. The smallest absolute Gasteiger partial charge is 0.277 e. The molecule has 5 heteroatoms. The maximum atomic E-state index is 11.7. The van der Waals surface area contributed by atoms with Crippen molar-refractivity contribution in [1.82, 2.24) is 5.43 Å². The number of rotatable bonds is 5. The van der Waals surface area contributed by atoms with E-state index in [4.69, 9.17) is 16.3 Å². The summed E-state index contributed by atoms with van der Waals surface area (Å²) in [6, 6.07) is 13.1. The number of nitrogens with one attached hydrogen (secondary N) is 1. The van der Waals surface area contributed by atoms with E-state index in [1.54, 1.807) is 24.4 Å². The van der Waals surface area contributed by atoms with Crippen LogP contribution in [0.2, 0.25) is 5.02 Å². The molecule has 0 fully saturated rings. The van der Waals surface area contributed by atoms with Crippen molar-refractivity contribution in [3.8, 4) is 5.75 Å². The van der Waals surface area contributed by atoms with Crippen LogP contribution in [0.1, 0.15) is 16.7 Å². The molecule has 0 aliphatic rings. The molecule has 114 valence electrons. The van der Waals surface area contributed by atoms with E-state index in [2.05, 4.69) is 10.5 Å². The normalized spacial score (nSPS) is 10.7. The number of amides is 1. The fourth-order valence-electron chi connectivity index (χ4n) is 1.88. The minimum absolute atomic E-state index is 0.104. The molecule has 0 bridgehead atoms. The van der Waals surface area contributed by atoms with Crippen LogP contribution in [0.15, 0.2) is 47.6 Å². The minimum Gasteiger partial charge on any atom is -0.483 e. The van der Waals surface area contributed by atoms with Crippen molar-refractivity contribution in [2.24, 2.45) is 5.10 Å². The molecular formula is C17H17ClN2O2. The Labute approximate surface area is 134 Å². The predicted octanol–water partition coefficient (Wildman–Crippen LogP) is 3.49. The molecule has 2 rings (SSSR count). The first-order valence-corrected chi connectivity index (χ1v) is 7.20. The Bertz CT molecular complexity index is 699. The van der Waals surface area contributed by atoms with Crippen molar-refractivity contribution in [3.05, 3.63) is 64.2 Å². The highest BCUT2D eigenvalue weighted by Gasteiger charge is 2.04. The first-order valence-electron chi connectivity index (χ1n) is 6.82. The number of carbonyl (C=O) groups is 1. The Morgan fingerprint density at radius 2 is 2.09 bits per heavy atom. The van der Waals surface area contributed by atoms with E-state index in [1.807, 2.05) is 38.1 Å². The van der Waals surface area contributed by atoms with Gasteiger partial charge in [-0.25, -0.2) is 5.43 Å². The van der Waals surface area contributed by atoms with E-state index in [0.29, 0.717) is 10.8 Å². The Morgan fingerprint density at radius 3 is 2.82 bits per heavy atom. The van der Waals surface area contributed by atoms with Gasteiger partial charge in [0.1, 0.15) is 5.75 Å². The molecule has 1 N–H and O–H groups in total. The third kappa shape index (κ3) is 4.90. The van der Waals surface area contributed by atoms with Gasteiger partial charge in [-0.3, -0.25) is 4.79 Å². The summed E-state index contributed by atoms with van der Waals surface area (Å²) in [4.78, 5) is 11.7. The molecule has 0 saturated heterocycles.